The van der Waals surface area contributed by atoms with Crippen LogP contribution in [0.3, 0.4) is 0 Å². The molecular formula is C13H8ClN3O2S. The summed E-state index contributed by atoms with van der Waals surface area (Å²) in [6.45, 7) is 0. The Balaban J connectivity index is 1.92. The standard InChI is InChI=1S/C13H8ClN3O2S/c14-7-4-5-8-10(6-7)20-13(16-8)17-11-3-1-2-9(15-11)12(18)19/h1-6H,(H,18,19)(H,15,16,17). The van der Waals surface area contributed by atoms with E-state index in [2.05, 4.69) is 15.3 Å². The van der Waals surface area contributed by atoms with Gasteiger partial charge in [0.15, 0.2) is 10.8 Å². The first-order valence-electron chi connectivity index (χ1n) is 5.65. The zero-order chi connectivity index (χ0) is 14.1. The summed E-state index contributed by atoms with van der Waals surface area (Å²) < 4.78 is 0.953. The van der Waals surface area contributed by atoms with Crippen LogP contribution in [0, 0.1) is 0 Å². The van der Waals surface area contributed by atoms with Gasteiger partial charge in [-0.05, 0) is 30.3 Å². The number of carbonyl (C=O) groups is 1. The molecule has 100 valence electrons. The summed E-state index contributed by atoms with van der Waals surface area (Å²) in [5.41, 5.74) is 0.815. The molecule has 0 unspecified atom stereocenters. The number of thiazole rings is 1. The highest BCUT2D eigenvalue weighted by Crippen LogP contribution is 2.29. The number of benzene rings is 1. The maximum Gasteiger partial charge on any atom is 0.354 e. The molecule has 0 fully saturated rings. The van der Waals surface area contributed by atoms with Crippen molar-refractivity contribution < 1.29 is 9.90 Å². The fourth-order valence-corrected chi connectivity index (χ4v) is 2.83. The molecule has 0 aliphatic carbocycles. The van der Waals surface area contributed by atoms with Crippen molar-refractivity contribution in [1.82, 2.24) is 9.97 Å². The SMILES string of the molecule is O=C(O)c1cccc(Nc2nc3ccc(Cl)cc3s2)n1. The summed E-state index contributed by atoms with van der Waals surface area (Å²) in [6, 6.07) is 10.2. The topological polar surface area (TPSA) is 75.1 Å². The van der Waals surface area contributed by atoms with Gasteiger partial charge in [0.2, 0.25) is 0 Å². The van der Waals surface area contributed by atoms with Gasteiger partial charge in [-0.25, -0.2) is 14.8 Å². The van der Waals surface area contributed by atoms with Gasteiger partial charge < -0.3 is 10.4 Å². The van der Waals surface area contributed by atoms with E-state index in [4.69, 9.17) is 16.7 Å². The van der Waals surface area contributed by atoms with Gasteiger partial charge in [0.25, 0.3) is 0 Å². The summed E-state index contributed by atoms with van der Waals surface area (Å²) in [4.78, 5) is 19.2. The van der Waals surface area contributed by atoms with Crippen LogP contribution in [0.15, 0.2) is 36.4 Å². The van der Waals surface area contributed by atoms with E-state index in [0.29, 0.717) is 16.0 Å². The lowest BCUT2D eigenvalue weighted by atomic mass is 10.3. The molecule has 0 spiro atoms. The Hall–Kier alpha value is -2.18. The number of carboxylic acid groups (broad SMARTS) is 1. The molecule has 7 heteroatoms. The predicted octanol–water partition coefficient (Wildman–Crippen LogP) is 3.79. The van der Waals surface area contributed by atoms with Gasteiger partial charge in [0.05, 0.1) is 10.2 Å². The van der Waals surface area contributed by atoms with Crippen LogP contribution in [-0.2, 0) is 0 Å². The first-order valence-corrected chi connectivity index (χ1v) is 6.85. The van der Waals surface area contributed by atoms with Crippen molar-refractivity contribution in [1.29, 1.82) is 0 Å². The molecule has 2 heterocycles. The Labute approximate surface area is 122 Å². The lowest BCUT2D eigenvalue weighted by Crippen LogP contribution is -2.02. The predicted molar refractivity (Wildman–Crippen MR) is 79.1 cm³/mol. The Morgan fingerprint density at radius 2 is 2.10 bits per heavy atom. The molecule has 20 heavy (non-hydrogen) atoms. The molecule has 0 saturated heterocycles. The van der Waals surface area contributed by atoms with Crippen molar-refractivity contribution in [3.05, 3.63) is 47.1 Å². The highest BCUT2D eigenvalue weighted by atomic mass is 35.5. The molecule has 0 radical (unpaired) electrons. The van der Waals surface area contributed by atoms with E-state index in [1.165, 1.54) is 17.4 Å². The molecule has 0 amide bonds. The van der Waals surface area contributed by atoms with Gasteiger partial charge in [-0.15, -0.1) is 0 Å². The maximum atomic E-state index is 10.9. The van der Waals surface area contributed by atoms with Crippen molar-refractivity contribution in [3.63, 3.8) is 0 Å². The monoisotopic (exact) mass is 305 g/mol. The molecule has 2 aromatic heterocycles. The Bertz CT molecular complexity index is 803. The quantitative estimate of drug-likeness (QED) is 0.770. The largest absolute Gasteiger partial charge is 0.477 e. The Kier molecular flexibility index (Phi) is 3.25. The number of aromatic carboxylic acids is 1. The third-order valence-corrected chi connectivity index (χ3v) is 3.72. The van der Waals surface area contributed by atoms with Crippen LogP contribution in [0.5, 0.6) is 0 Å². The zero-order valence-corrected chi connectivity index (χ0v) is 11.6. The van der Waals surface area contributed by atoms with E-state index < -0.39 is 5.97 Å². The summed E-state index contributed by atoms with van der Waals surface area (Å²) in [5.74, 6) is -0.625. The van der Waals surface area contributed by atoms with Crippen molar-refractivity contribution in [2.45, 2.75) is 0 Å². The number of nitrogens with one attached hydrogen (secondary N) is 1. The minimum atomic E-state index is -1.07. The second-order valence-electron chi connectivity index (χ2n) is 3.97. The Morgan fingerprint density at radius 1 is 1.25 bits per heavy atom. The van der Waals surface area contributed by atoms with Crippen molar-refractivity contribution in [2.75, 3.05) is 5.32 Å². The second kappa shape index (κ2) is 5.07. The molecule has 0 aliphatic rings. The van der Waals surface area contributed by atoms with Gasteiger partial charge in [-0.3, -0.25) is 0 Å². The third-order valence-electron chi connectivity index (χ3n) is 2.55. The minimum absolute atomic E-state index is 0.0147. The first-order chi connectivity index (χ1) is 9.61. The maximum absolute atomic E-state index is 10.9. The van der Waals surface area contributed by atoms with Crippen LogP contribution in [-0.4, -0.2) is 21.0 Å². The number of hydrogen-bond acceptors (Lipinski definition) is 5. The number of carboxylic acids is 1. The number of rotatable bonds is 3. The molecule has 1 aromatic carbocycles. The van der Waals surface area contributed by atoms with Gasteiger partial charge >= 0.3 is 5.97 Å². The van der Waals surface area contributed by atoms with Gasteiger partial charge in [0, 0.05) is 5.02 Å². The van der Waals surface area contributed by atoms with E-state index in [1.54, 1.807) is 18.2 Å². The number of halogens is 1. The van der Waals surface area contributed by atoms with Crippen LogP contribution < -0.4 is 5.32 Å². The fraction of sp³-hybridized carbons (Fsp3) is 0. The molecule has 3 aromatic rings. The van der Waals surface area contributed by atoms with E-state index in [-0.39, 0.29) is 5.69 Å². The van der Waals surface area contributed by atoms with E-state index in [0.717, 1.165) is 10.2 Å². The molecule has 0 bridgehead atoms. The number of anilines is 2. The first kappa shape index (κ1) is 12.8. The number of nitrogens with zero attached hydrogens (tertiary/aromatic N) is 2. The lowest BCUT2D eigenvalue weighted by molar-refractivity contribution is 0.0690. The number of fused-ring (bicyclic) bond motifs is 1. The number of pyridine rings is 1. The van der Waals surface area contributed by atoms with Crippen LogP contribution in [0.25, 0.3) is 10.2 Å². The molecule has 3 rings (SSSR count). The number of aromatic nitrogens is 2. The summed E-state index contributed by atoms with van der Waals surface area (Å²) in [7, 11) is 0. The molecule has 0 aliphatic heterocycles. The van der Waals surface area contributed by atoms with Crippen molar-refractivity contribution in [3.8, 4) is 0 Å². The average Bonchev–Trinajstić information content (AvgIpc) is 2.80. The fourth-order valence-electron chi connectivity index (χ4n) is 1.68. The molecule has 0 atom stereocenters. The molecule has 5 nitrogen and oxygen atoms in total. The summed E-state index contributed by atoms with van der Waals surface area (Å²) >= 11 is 7.35. The van der Waals surface area contributed by atoms with Gasteiger partial charge in [-0.1, -0.05) is 29.0 Å². The summed E-state index contributed by atoms with van der Waals surface area (Å²) in [6.07, 6.45) is 0. The zero-order valence-electron chi connectivity index (χ0n) is 10.0. The van der Waals surface area contributed by atoms with Gasteiger partial charge in [0.1, 0.15) is 5.82 Å². The molecular weight excluding hydrogens is 298 g/mol. The van der Waals surface area contributed by atoms with E-state index in [1.807, 2.05) is 12.1 Å². The van der Waals surface area contributed by atoms with Crippen LogP contribution in [0.1, 0.15) is 10.5 Å². The van der Waals surface area contributed by atoms with Crippen molar-refractivity contribution in [2.24, 2.45) is 0 Å². The van der Waals surface area contributed by atoms with Crippen LogP contribution >= 0.6 is 22.9 Å². The van der Waals surface area contributed by atoms with E-state index >= 15 is 0 Å². The minimum Gasteiger partial charge on any atom is -0.477 e. The third kappa shape index (κ3) is 2.56. The van der Waals surface area contributed by atoms with Crippen LogP contribution in [0.2, 0.25) is 5.02 Å². The molecule has 0 saturated carbocycles. The molecule has 2 N–H and O–H groups in total. The Morgan fingerprint density at radius 3 is 2.90 bits per heavy atom. The lowest BCUT2D eigenvalue weighted by Gasteiger charge is -2.01. The van der Waals surface area contributed by atoms with E-state index in [9.17, 15) is 4.79 Å². The number of hydrogen-bond donors (Lipinski definition) is 2. The second-order valence-corrected chi connectivity index (χ2v) is 5.44. The van der Waals surface area contributed by atoms with Crippen molar-refractivity contribution >= 4 is 50.1 Å². The summed E-state index contributed by atoms with van der Waals surface area (Å²) in [5, 5.41) is 13.2. The average molecular weight is 306 g/mol. The van der Waals surface area contributed by atoms with Crippen LogP contribution in [0.4, 0.5) is 10.9 Å². The smallest absolute Gasteiger partial charge is 0.354 e. The van der Waals surface area contributed by atoms with Gasteiger partial charge in [-0.2, -0.15) is 0 Å². The highest BCUT2D eigenvalue weighted by molar-refractivity contribution is 7.22. The normalized spacial score (nSPS) is 10.7. The highest BCUT2D eigenvalue weighted by Gasteiger charge is 2.08.